The molecule has 0 unspecified atom stereocenters. The Hall–Kier alpha value is -2.67. The van der Waals surface area contributed by atoms with Crippen LogP contribution in [0.15, 0.2) is 24.3 Å². The summed E-state index contributed by atoms with van der Waals surface area (Å²) in [6.07, 6.45) is 0. The Morgan fingerprint density at radius 2 is 1.92 bits per heavy atom. The van der Waals surface area contributed by atoms with Crippen LogP contribution in [0.5, 0.6) is 0 Å². The first kappa shape index (κ1) is 17.2. The highest BCUT2D eigenvalue weighted by atomic mass is 32.1. The minimum absolute atomic E-state index is 0.0877. The molecule has 3 rings (SSSR count). The number of nitrogens with zero attached hydrogens (tertiary/aromatic N) is 1. The van der Waals surface area contributed by atoms with Gasteiger partial charge in [-0.05, 0) is 38.5 Å². The molecule has 0 spiro atoms. The Kier molecular flexibility index (Phi) is 4.85. The molecule has 0 aliphatic rings. The quantitative estimate of drug-likeness (QED) is 0.702. The summed E-state index contributed by atoms with van der Waals surface area (Å²) in [5.74, 6) is -0.964. The minimum atomic E-state index is -0.518. The third-order valence-corrected chi connectivity index (χ3v) is 4.80. The number of aryl methyl sites for hydroxylation is 1. The lowest BCUT2D eigenvalue weighted by molar-refractivity contribution is 0.0465. The van der Waals surface area contributed by atoms with Crippen molar-refractivity contribution in [2.45, 2.75) is 27.4 Å². The van der Waals surface area contributed by atoms with Crippen LogP contribution in [-0.2, 0) is 16.1 Å². The second-order valence-corrected chi connectivity index (χ2v) is 6.61. The van der Waals surface area contributed by atoms with E-state index in [0.29, 0.717) is 16.8 Å². The summed E-state index contributed by atoms with van der Waals surface area (Å²) in [5.41, 5.74) is 2.65. The van der Waals surface area contributed by atoms with Crippen LogP contribution in [-0.4, -0.2) is 28.5 Å². The predicted molar refractivity (Wildman–Crippen MR) is 95.0 cm³/mol. The molecule has 0 bridgehead atoms. The number of aromatic amines is 1. The van der Waals surface area contributed by atoms with E-state index in [1.165, 1.54) is 11.3 Å². The van der Waals surface area contributed by atoms with Gasteiger partial charge < -0.3 is 14.5 Å². The first-order chi connectivity index (χ1) is 12.0. The van der Waals surface area contributed by atoms with Crippen LogP contribution in [0.25, 0.3) is 10.2 Å². The number of benzene rings is 1. The van der Waals surface area contributed by atoms with E-state index >= 15 is 0 Å². The Morgan fingerprint density at radius 1 is 1.16 bits per heavy atom. The maximum Gasteiger partial charge on any atom is 0.355 e. The molecule has 0 atom stereocenters. The van der Waals surface area contributed by atoms with Gasteiger partial charge in [0, 0.05) is 5.69 Å². The normalized spacial score (nSPS) is 10.8. The lowest BCUT2D eigenvalue weighted by Gasteiger charge is -2.03. The maximum absolute atomic E-state index is 12.4. The van der Waals surface area contributed by atoms with Crippen molar-refractivity contribution in [1.29, 1.82) is 0 Å². The van der Waals surface area contributed by atoms with Crippen molar-refractivity contribution < 1.29 is 19.1 Å². The smallest absolute Gasteiger partial charge is 0.355 e. The number of aromatic nitrogens is 2. The largest absolute Gasteiger partial charge is 0.462 e. The number of hydrogen-bond acceptors (Lipinski definition) is 6. The van der Waals surface area contributed by atoms with Gasteiger partial charge in [0.2, 0.25) is 0 Å². The van der Waals surface area contributed by atoms with Crippen molar-refractivity contribution in [2.24, 2.45) is 0 Å². The Morgan fingerprint density at radius 3 is 2.64 bits per heavy atom. The van der Waals surface area contributed by atoms with E-state index in [-0.39, 0.29) is 18.9 Å². The van der Waals surface area contributed by atoms with E-state index in [2.05, 4.69) is 9.97 Å². The van der Waals surface area contributed by atoms with E-state index in [9.17, 15) is 9.59 Å². The Bertz CT molecular complexity index is 909. The van der Waals surface area contributed by atoms with Crippen LogP contribution in [0.1, 0.15) is 44.0 Å². The molecule has 2 aromatic heterocycles. The molecule has 0 radical (unpaired) electrons. The third kappa shape index (κ3) is 3.41. The molecule has 1 aromatic carbocycles. The number of rotatable bonds is 5. The first-order valence-corrected chi connectivity index (χ1v) is 8.70. The van der Waals surface area contributed by atoms with Crippen LogP contribution < -0.4 is 0 Å². The van der Waals surface area contributed by atoms with Crippen molar-refractivity contribution >= 4 is 33.5 Å². The SMILES string of the molecule is CCOC(=O)c1c(C)[nH]c(C(=O)OCc2nc3ccccc3s2)c1C. The van der Waals surface area contributed by atoms with Crippen LogP contribution >= 0.6 is 11.3 Å². The molecule has 6 nitrogen and oxygen atoms in total. The molecule has 0 aliphatic heterocycles. The van der Waals surface area contributed by atoms with Gasteiger partial charge in [0.1, 0.15) is 17.3 Å². The van der Waals surface area contributed by atoms with Crippen molar-refractivity contribution in [3.63, 3.8) is 0 Å². The summed E-state index contributed by atoms with van der Waals surface area (Å²) < 4.78 is 11.4. The number of hydrogen-bond donors (Lipinski definition) is 1. The number of para-hydroxylation sites is 1. The zero-order valence-electron chi connectivity index (χ0n) is 14.2. The predicted octanol–water partition coefficient (Wildman–Crippen LogP) is 3.77. The molecule has 3 aromatic rings. The van der Waals surface area contributed by atoms with Gasteiger partial charge in [0.25, 0.3) is 0 Å². The van der Waals surface area contributed by atoms with Crippen LogP contribution in [0.2, 0.25) is 0 Å². The van der Waals surface area contributed by atoms with Gasteiger partial charge in [-0.2, -0.15) is 0 Å². The van der Waals surface area contributed by atoms with Gasteiger partial charge in [-0.25, -0.2) is 14.6 Å². The number of nitrogens with one attached hydrogen (secondary N) is 1. The van der Waals surface area contributed by atoms with Gasteiger partial charge in [-0.15, -0.1) is 11.3 Å². The monoisotopic (exact) mass is 358 g/mol. The van der Waals surface area contributed by atoms with E-state index in [1.807, 2.05) is 24.3 Å². The second-order valence-electron chi connectivity index (χ2n) is 5.50. The van der Waals surface area contributed by atoms with Gasteiger partial charge in [-0.1, -0.05) is 12.1 Å². The molecule has 2 heterocycles. The molecular weight excluding hydrogens is 340 g/mol. The van der Waals surface area contributed by atoms with Gasteiger partial charge in [-0.3, -0.25) is 0 Å². The molecule has 1 N–H and O–H groups in total. The van der Waals surface area contributed by atoms with Crippen LogP contribution in [0, 0.1) is 13.8 Å². The summed E-state index contributed by atoms with van der Waals surface area (Å²) in [6.45, 7) is 5.53. The van der Waals surface area contributed by atoms with E-state index < -0.39 is 11.9 Å². The second kappa shape index (κ2) is 7.06. The zero-order valence-corrected chi connectivity index (χ0v) is 15.0. The molecule has 7 heteroatoms. The summed E-state index contributed by atoms with van der Waals surface area (Å²) in [7, 11) is 0. The topological polar surface area (TPSA) is 81.3 Å². The standard InChI is InChI=1S/C18H18N2O4S/c1-4-23-17(21)15-10(2)16(19-11(15)3)18(22)24-9-14-20-12-7-5-6-8-13(12)25-14/h5-8,19H,4,9H2,1-3H3. The number of fused-ring (bicyclic) bond motifs is 1. The van der Waals surface area contributed by atoms with E-state index in [4.69, 9.17) is 9.47 Å². The molecule has 0 saturated carbocycles. The van der Waals surface area contributed by atoms with Crippen LogP contribution in [0.3, 0.4) is 0 Å². The third-order valence-electron chi connectivity index (χ3n) is 3.79. The summed E-state index contributed by atoms with van der Waals surface area (Å²) >= 11 is 1.49. The van der Waals surface area contributed by atoms with Gasteiger partial charge >= 0.3 is 11.9 Å². The molecule has 130 valence electrons. The van der Waals surface area contributed by atoms with Crippen LogP contribution in [0.4, 0.5) is 0 Å². The minimum Gasteiger partial charge on any atom is -0.462 e. The average Bonchev–Trinajstić information content (AvgIpc) is 3.13. The maximum atomic E-state index is 12.4. The average molecular weight is 358 g/mol. The fourth-order valence-electron chi connectivity index (χ4n) is 2.64. The number of H-pyrrole nitrogens is 1. The summed E-state index contributed by atoms with van der Waals surface area (Å²) in [5, 5.41) is 0.723. The van der Waals surface area contributed by atoms with E-state index in [1.54, 1.807) is 20.8 Å². The number of carbonyl (C=O) groups is 2. The summed E-state index contributed by atoms with van der Waals surface area (Å²) in [6, 6.07) is 7.75. The summed E-state index contributed by atoms with van der Waals surface area (Å²) in [4.78, 5) is 31.7. The zero-order chi connectivity index (χ0) is 18.0. The number of esters is 2. The highest BCUT2D eigenvalue weighted by Gasteiger charge is 2.23. The fraction of sp³-hybridized carbons (Fsp3) is 0.278. The van der Waals surface area contributed by atoms with Crippen molar-refractivity contribution in [3.8, 4) is 0 Å². The Labute approximate surface area is 148 Å². The Balaban J connectivity index is 1.75. The molecular formula is C18H18N2O4S. The fourth-order valence-corrected chi connectivity index (χ4v) is 3.53. The number of carbonyl (C=O) groups excluding carboxylic acids is 2. The highest BCUT2D eigenvalue weighted by molar-refractivity contribution is 7.18. The number of thiazole rings is 1. The van der Waals surface area contributed by atoms with Gasteiger partial charge in [0.15, 0.2) is 0 Å². The molecule has 0 saturated heterocycles. The lowest BCUT2D eigenvalue weighted by atomic mass is 10.1. The molecule has 0 aliphatic carbocycles. The number of ether oxygens (including phenoxy) is 2. The van der Waals surface area contributed by atoms with E-state index in [0.717, 1.165) is 15.2 Å². The van der Waals surface area contributed by atoms with Crippen molar-refractivity contribution in [2.75, 3.05) is 6.61 Å². The first-order valence-electron chi connectivity index (χ1n) is 7.89. The molecule has 0 amide bonds. The highest BCUT2D eigenvalue weighted by Crippen LogP contribution is 2.23. The van der Waals surface area contributed by atoms with Crippen molar-refractivity contribution in [3.05, 3.63) is 51.8 Å². The van der Waals surface area contributed by atoms with Crippen molar-refractivity contribution in [1.82, 2.24) is 9.97 Å². The molecule has 0 fully saturated rings. The lowest BCUT2D eigenvalue weighted by Crippen LogP contribution is -2.09. The van der Waals surface area contributed by atoms with Gasteiger partial charge in [0.05, 0.1) is 22.4 Å². The molecule has 25 heavy (non-hydrogen) atoms.